The molecule has 2 heterocycles. The van der Waals surface area contributed by atoms with Gasteiger partial charge in [-0.25, -0.2) is 0 Å². The summed E-state index contributed by atoms with van der Waals surface area (Å²) in [6.07, 6.45) is 0.517. The summed E-state index contributed by atoms with van der Waals surface area (Å²) in [5, 5.41) is 11.7. The Labute approximate surface area is 222 Å². The molecule has 0 fully saturated rings. The van der Waals surface area contributed by atoms with Crippen LogP contribution >= 0.6 is 15.9 Å². The molecule has 37 heavy (non-hydrogen) atoms. The maximum atomic E-state index is 13.7. The second-order valence-corrected chi connectivity index (χ2v) is 9.58. The van der Waals surface area contributed by atoms with Gasteiger partial charge in [-0.3, -0.25) is 9.59 Å². The zero-order chi connectivity index (χ0) is 26.1. The lowest BCUT2D eigenvalue weighted by Gasteiger charge is -2.27. The SMILES string of the molecule is COc1ccc(CCN2C(=O)C(O)=C(C(=O)c3cc4cc(Br)ccc4o3)C2c2cccc(OC)c2)cc1. The van der Waals surface area contributed by atoms with Crippen LogP contribution in [0.3, 0.4) is 0 Å². The van der Waals surface area contributed by atoms with E-state index in [4.69, 9.17) is 13.9 Å². The molecule has 188 valence electrons. The first-order valence-electron chi connectivity index (χ1n) is 11.6. The highest BCUT2D eigenvalue weighted by atomic mass is 79.9. The van der Waals surface area contributed by atoms with Crippen molar-refractivity contribution in [2.75, 3.05) is 20.8 Å². The number of amides is 1. The molecule has 1 amide bonds. The average molecular weight is 562 g/mol. The molecule has 1 atom stereocenters. The molecule has 1 aromatic heterocycles. The van der Waals surface area contributed by atoms with Gasteiger partial charge in [0.05, 0.1) is 25.8 Å². The van der Waals surface area contributed by atoms with Crippen LogP contribution in [0, 0.1) is 0 Å². The fraction of sp³-hybridized carbons (Fsp3) is 0.172. The van der Waals surface area contributed by atoms with Gasteiger partial charge in [0.1, 0.15) is 17.1 Å². The standard InChI is InChI=1S/C29H24BrNO6/c1-35-21-9-6-17(7-10-21)12-13-31-26(18-4-3-5-22(15-18)36-2)25(28(33)29(31)34)27(32)24-16-19-14-20(30)8-11-23(19)37-24/h3-11,14-16,26,33H,12-13H2,1-2H3. The number of aliphatic hydroxyl groups is 1. The largest absolute Gasteiger partial charge is 0.503 e. The van der Waals surface area contributed by atoms with Crippen LogP contribution in [0.2, 0.25) is 0 Å². The third kappa shape index (κ3) is 4.72. The van der Waals surface area contributed by atoms with Crippen LogP contribution in [0.1, 0.15) is 27.7 Å². The van der Waals surface area contributed by atoms with Gasteiger partial charge in [0.15, 0.2) is 11.5 Å². The average Bonchev–Trinajstić information content (AvgIpc) is 3.45. The fourth-order valence-corrected chi connectivity index (χ4v) is 4.95. The van der Waals surface area contributed by atoms with Crippen LogP contribution in [0.5, 0.6) is 11.5 Å². The Morgan fingerprint density at radius 2 is 1.76 bits per heavy atom. The van der Waals surface area contributed by atoms with Crippen LogP contribution in [-0.2, 0) is 11.2 Å². The summed E-state index contributed by atoms with van der Waals surface area (Å²) >= 11 is 3.42. The lowest BCUT2D eigenvalue weighted by Crippen LogP contribution is -2.33. The predicted octanol–water partition coefficient (Wildman–Crippen LogP) is 6.03. The van der Waals surface area contributed by atoms with Crippen molar-refractivity contribution >= 4 is 38.6 Å². The summed E-state index contributed by atoms with van der Waals surface area (Å²) in [5.41, 5.74) is 2.14. The van der Waals surface area contributed by atoms with Crippen molar-refractivity contribution in [2.45, 2.75) is 12.5 Å². The van der Waals surface area contributed by atoms with E-state index in [0.29, 0.717) is 23.3 Å². The molecular formula is C29H24BrNO6. The first kappa shape index (κ1) is 24.6. The molecule has 3 aromatic carbocycles. The number of hydrogen-bond acceptors (Lipinski definition) is 6. The zero-order valence-electron chi connectivity index (χ0n) is 20.2. The van der Waals surface area contributed by atoms with E-state index >= 15 is 0 Å². The molecule has 1 aliphatic rings. The molecule has 0 radical (unpaired) electrons. The lowest BCUT2D eigenvalue weighted by atomic mass is 9.94. The van der Waals surface area contributed by atoms with Crippen molar-refractivity contribution in [2.24, 2.45) is 0 Å². The normalized spacial score (nSPS) is 15.5. The number of nitrogens with zero attached hydrogens (tertiary/aromatic N) is 1. The number of hydrogen-bond donors (Lipinski definition) is 1. The van der Waals surface area contributed by atoms with Crippen molar-refractivity contribution in [1.29, 1.82) is 0 Å². The van der Waals surface area contributed by atoms with Gasteiger partial charge in [-0.15, -0.1) is 0 Å². The van der Waals surface area contributed by atoms with Gasteiger partial charge < -0.3 is 23.9 Å². The fourth-order valence-electron chi connectivity index (χ4n) is 4.57. The number of fused-ring (bicyclic) bond motifs is 1. The van der Waals surface area contributed by atoms with E-state index in [1.54, 1.807) is 44.6 Å². The van der Waals surface area contributed by atoms with Crippen LogP contribution in [-0.4, -0.2) is 42.5 Å². The first-order valence-corrected chi connectivity index (χ1v) is 12.4. The summed E-state index contributed by atoms with van der Waals surface area (Å²) in [7, 11) is 3.15. The van der Waals surface area contributed by atoms with Crippen molar-refractivity contribution in [3.63, 3.8) is 0 Å². The highest BCUT2D eigenvalue weighted by molar-refractivity contribution is 9.10. The third-order valence-electron chi connectivity index (χ3n) is 6.46. The number of ether oxygens (including phenoxy) is 2. The minimum atomic E-state index is -0.812. The Morgan fingerprint density at radius 1 is 1.00 bits per heavy atom. The molecule has 5 rings (SSSR count). The molecular weight excluding hydrogens is 538 g/mol. The van der Waals surface area contributed by atoms with Gasteiger partial charge in [-0.05, 0) is 66.1 Å². The topological polar surface area (TPSA) is 89.2 Å². The van der Waals surface area contributed by atoms with E-state index in [0.717, 1.165) is 21.2 Å². The predicted molar refractivity (Wildman–Crippen MR) is 142 cm³/mol. The van der Waals surface area contributed by atoms with E-state index < -0.39 is 23.5 Å². The van der Waals surface area contributed by atoms with Crippen molar-refractivity contribution < 1.29 is 28.6 Å². The lowest BCUT2D eigenvalue weighted by molar-refractivity contribution is -0.129. The number of carbonyl (C=O) groups is 2. The maximum Gasteiger partial charge on any atom is 0.290 e. The highest BCUT2D eigenvalue weighted by Gasteiger charge is 2.44. The molecule has 1 N–H and O–H groups in total. The third-order valence-corrected chi connectivity index (χ3v) is 6.95. The second-order valence-electron chi connectivity index (χ2n) is 8.66. The smallest absolute Gasteiger partial charge is 0.290 e. The number of furan rings is 1. The Hall–Kier alpha value is -4.04. The molecule has 1 unspecified atom stereocenters. The molecule has 0 spiro atoms. The first-order chi connectivity index (χ1) is 17.9. The van der Waals surface area contributed by atoms with Gasteiger partial charge in [0.25, 0.3) is 5.91 Å². The molecule has 0 saturated carbocycles. The molecule has 4 aromatic rings. The van der Waals surface area contributed by atoms with E-state index in [1.807, 2.05) is 42.5 Å². The van der Waals surface area contributed by atoms with Gasteiger partial charge >= 0.3 is 0 Å². The molecule has 7 nitrogen and oxygen atoms in total. The van der Waals surface area contributed by atoms with Crippen molar-refractivity contribution in [3.8, 4) is 11.5 Å². The summed E-state index contributed by atoms with van der Waals surface area (Å²) in [4.78, 5) is 28.6. The number of carbonyl (C=O) groups excluding carboxylic acids is 2. The van der Waals surface area contributed by atoms with Gasteiger partial charge in [-0.2, -0.15) is 0 Å². The minimum Gasteiger partial charge on any atom is -0.503 e. The van der Waals surface area contributed by atoms with Crippen LogP contribution in [0.15, 0.2) is 93.0 Å². The van der Waals surface area contributed by atoms with Gasteiger partial charge in [0.2, 0.25) is 5.78 Å². The van der Waals surface area contributed by atoms with Gasteiger partial charge in [-0.1, -0.05) is 40.2 Å². The van der Waals surface area contributed by atoms with E-state index in [-0.39, 0.29) is 17.9 Å². The second kappa shape index (κ2) is 10.1. The van der Waals surface area contributed by atoms with Gasteiger partial charge in [0, 0.05) is 16.4 Å². The number of benzene rings is 3. The number of aliphatic hydroxyl groups excluding tert-OH is 1. The monoisotopic (exact) mass is 561 g/mol. The van der Waals surface area contributed by atoms with E-state index in [2.05, 4.69) is 15.9 Å². The zero-order valence-corrected chi connectivity index (χ0v) is 21.8. The van der Waals surface area contributed by atoms with Crippen molar-refractivity contribution in [1.82, 2.24) is 4.90 Å². The molecule has 0 aliphatic carbocycles. The van der Waals surface area contributed by atoms with Crippen molar-refractivity contribution in [3.05, 3.63) is 105 Å². The quantitative estimate of drug-likeness (QED) is 0.264. The van der Waals surface area contributed by atoms with E-state index in [9.17, 15) is 14.7 Å². The molecule has 8 heteroatoms. The van der Waals surface area contributed by atoms with E-state index in [1.165, 1.54) is 4.90 Å². The summed E-state index contributed by atoms with van der Waals surface area (Å²) in [6, 6.07) is 20.9. The Balaban J connectivity index is 1.52. The minimum absolute atomic E-state index is 0.0221. The van der Waals surface area contributed by atoms with Crippen LogP contribution in [0.4, 0.5) is 0 Å². The number of halogens is 1. The number of rotatable bonds is 8. The Kier molecular flexibility index (Phi) is 6.76. The Bertz CT molecular complexity index is 1520. The number of methoxy groups -OCH3 is 2. The summed E-state index contributed by atoms with van der Waals surface area (Å²) in [5.74, 6) is -0.366. The number of ketones is 1. The maximum absolute atomic E-state index is 13.7. The highest BCUT2D eigenvalue weighted by Crippen LogP contribution is 2.40. The molecule has 0 saturated heterocycles. The molecule has 1 aliphatic heterocycles. The molecule has 0 bridgehead atoms. The Morgan fingerprint density at radius 3 is 2.49 bits per heavy atom. The summed E-state index contributed by atoms with van der Waals surface area (Å²) in [6.45, 7) is 0.279. The van der Waals surface area contributed by atoms with Crippen LogP contribution in [0.25, 0.3) is 11.0 Å². The summed E-state index contributed by atoms with van der Waals surface area (Å²) < 4.78 is 17.3. The number of Topliss-reactive ketones (excluding diaryl/α,β-unsaturated/α-hetero) is 1. The van der Waals surface area contributed by atoms with Crippen LogP contribution < -0.4 is 9.47 Å².